The topological polar surface area (TPSA) is 44.1 Å². The molecular weight excluding hydrogens is 341 g/mol. The SMILES string of the molecule is COC(=O)c1cc(F)cc2c1-n1ncc(Br)c1C2(F)F. The van der Waals surface area contributed by atoms with E-state index in [9.17, 15) is 18.0 Å². The Balaban J connectivity index is 2.41. The predicted molar refractivity (Wildman–Crippen MR) is 65.6 cm³/mol. The zero-order valence-electron chi connectivity index (χ0n) is 9.95. The van der Waals surface area contributed by atoms with Gasteiger partial charge in [-0.1, -0.05) is 0 Å². The Bertz CT molecular complexity index is 743. The molecule has 4 nitrogen and oxygen atoms in total. The highest BCUT2D eigenvalue weighted by Gasteiger charge is 2.49. The van der Waals surface area contributed by atoms with Crippen LogP contribution in [0.1, 0.15) is 21.6 Å². The summed E-state index contributed by atoms with van der Waals surface area (Å²) in [5, 5.41) is 3.80. The van der Waals surface area contributed by atoms with E-state index in [2.05, 4.69) is 25.8 Å². The van der Waals surface area contributed by atoms with Crippen molar-refractivity contribution in [1.29, 1.82) is 0 Å². The summed E-state index contributed by atoms with van der Waals surface area (Å²) in [6.45, 7) is 0. The maximum Gasteiger partial charge on any atom is 0.340 e. The number of esters is 1. The third kappa shape index (κ3) is 1.54. The average molecular weight is 347 g/mol. The maximum atomic E-state index is 14.3. The third-order valence-electron chi connectivity index (χ3n) is 3.05. The molecule has 104 valence electrons. The molecule has 0 atom stereocenters. The minimum Gasteiger partial charge on any atom is -0.465 e. The zero-order chi connectivity index (χ0) is 14.7. The van der Waals surface area contributed by atoms with E-state index in [1.807, 2.05) is 0 Å². The van der Waals surface area contributed by atoms with E-state index in [4.69, 9.17) is 0 Å². The van der Waals surface area contributed by atoms with Gasteiger partial charge in [0, 0.05) is 0 Å². The van der Waals surface area contributed by atoms with E-state index in [0.29, 0.717) is 6.07 Å². The van der Waals surface area contributed by atoms with Gasteiger partial charge in [-0.2, -0.15) is 13.9 Å². The number of methoxy groups -OCH3 is 1. The monoisotopic (exact) mass is 346 g/mol. The number of nitrogens with zero attached hydrogens (tertiary/aromatic N) is 2. The van der Waals surface area contributed by atoms with Gasteiger partial charge in [0.1, 0.15) is 11.5 Å². The smallest absolute Gasteiger partial charge is 0.340 e. The van der Waals surface area contributed by atoms with Crippen molar-refractivity contribution in [2.75, 3.05) is 7.11 Å². The fourth-order valence-electron chi connectivity index (χ4n) is 2.24. The van der Waals surface area contributed by atoms with Crippen molar-refractivity contribution >= 4 is 21.9 Å². The molecule has 1 aromatic heterocycles. The van der Waals surface area contributed by atoms with E-state index in [-0.39, 0.29) is 15.7 Å². The van der Waals surface area contributed by atoms with Crippen LogP contribution in [0.15, 0.2) is 22.8 Å². The van der Waals surface area contributed by atoms with Crippen LogP contribution in [0.25, 0.3) is 5.69 Å². The van der Waals surface area contributed by atoms with Gasteiger partial charge in [-0.15, -0.1) is 0 Å². The highest BCUT2D eigenvalue weighted by atomic mass is 79.9. The largest absolute Gasteiger partial charge is 0.465 e. The van der Waals surface area contributed by atoms with Crippen LogP contribution in [-0.4, -0.2) is 22.9 Å². The van der Waals surface area contributed by atoms with Crippen LogP contribution in [0, 0.1) is 5.82 Å². The van der Waals surface area contributed by atoms with Gasteiger partial charge < -0.3 is 4.74 Å². The fraction of sp³-hybridized carbons (Fsp3) is 0.167. The molecule has 0 N–H and O–H groups in total. The summed E-state index contributed by atoms with van der Waals surface area (Å²) in [5.41, 5.74) is -1.51. The number of fused-ring (bicyclic) bond motifs is 3. The van der Waals surface area contributed by atoms with Crippen LogP contribution in [0.3, 0.4) is 0 Å². The molecular formula is C12H6BrF3N2O2. The number of carbonyl (C=O) groups excluding carboxylic acids is 1. The molecule has 0 bridgehead atoms. The lowest BCUT2D eigenvalue weighted by Gasteiger charge is -2.11. The van der Waals surface area contributed by atoms with Crippen molar-refractivity contribution in [3.05, 3.63) is 45.4 Å². The van der Waals surface area contributed by atoms with Crippen LogP contribution >= 0.6 is 15.9 Å². The number of hydrogen-bond donors (Lipinski definition) is 0. The van der Waals surface area contributed by atoms with Gasteiger partial charge in [-0.3, -0.25) is 0 Å². The Hall–Kier alpha value is -1.83. The Morgan fingerprint density at radius 2 is 2.15 bits per heavy atom. The number of hydrogen-bond acceptors (Lipinski definition) is 3. The Labute approximate surface area is 119 Å². The fourth-order valence-corrected chi connectivity index (χ4v) is 2.75. The van der Waals surface area contributed by atoms with E-state index in [1.165, 1.54) is 6.20 Å². The minimum absolute atomic E-state index is 0.0786. The molecule has 1 aromatic carbocycles. The quantitative estimate of drug-likeness (QED) is 0.745. The molecule has 0 unspecified atom stereocenters. The van der Waals surface area contributed by atoms with Gasteiger partial charge in [-0.25, -0.2) is 13.9 Å². The second kappa shape index (κ2) is 4.08. The average Bonchev–Trinajstić information content (AvgIpc) is 2.87. The van der Waals surface area contributed by atoms with Gasteiger partial charge in [0.15, 0.2) is 0 Å². The van der Waals surface area contributed by atoms with E-state index < -0.39 is 29.0 Å². The van der Waals surface area contributed by atoms with Crippen LogP contribution < -0.4 is 0 Å². The normalized spacial score (nSPS) is 14.8. The molecule has 0 amide bonds. The molecule has 0 spiro atoms. The maximum absolute atomic E-state index is 14.3. The predicted octanol–water partition coefficient (Wildman–Crippen LogP) is 3.01. The van der Waals surface area contributed by atoms with E-state index in [1.54, 1.807) is 0 Å². The van der Waals surface area contributed by atoms with Crippen LogP contribution in [0.5, 0.6) is 0 Å². The molecule has 0 saturated carbocycles. The lowest BCUT2D eigenvalue weighted by Crippen LogP contribution is -2.13. The first-order valence-corrected chi connectivity index (χ1v) is 6.21. The first-order valence-electron chi connectivity index (χ1n) is 5.42. The molecule has 2 aromatic rings. The lowest BCUT2D eigenvalue weighted by molar-refractivity contribution is 0.0429. The minimum atomic E-state index is -3.45. The summed E-state index contributed by atoms with van der Waals surface area (Å²) >= 11 is 2.98. The van der Waals surface area contributed by atoms with Crippen molar-refractivity contribution < 1.29 is 22.7 Å². The third-order valence-corrected chi connectivity index (χ3v) is 3.63. The number of benzene rings is 1. The Kier molecular flexibility index (Phi) is 2.69. The highest BCUT2D eigenvalue weighted by molar-refractivity contribution is 9.10. The Morgan fingerprint density at radius 1 is 1.45 bits per heavy atom. The van der Waals surface area contributed by atoms with Gasteiger partial charge in [0.25, 0.3) is 0 Å². The van der Waals surface area contributed by atoms with Crippen LogP contribution in [0.4, 0.5) is 13.2 Å². The van der Waals surface area contributed by atoms with Gasteiger partial charge in [0.2, 0.25) is 0 Å². The molecule has 1 aliphatic heterocycles. The van der Waals surface area contributed by atoms with Crippen molar-refractivity contribution in [3.8, 4) is 5.69 Å². The number of ether oxygens (including phenoxy) is 1. The summed E-state index contributed by atoms with van der Waals surface area (Å²) in [6, 6.07) is 1.55. The first-order chi connectivity index (χ1) is 9.37. The summed E-state index contributed by atoms with van der Waals surface area (Å²) in [4.78, 5) is 11.7. The summed E-state index contributed by atoms with van der Waals surface area (Å²) in [5.74, 6) is -5.29. The molecule has 1 aliphatic rings. The molecule has 0 aliphatic carbocycles. The second-order valence-corrected chi connectivity index (χ2v) is 5.02. The number of rotatable bonds is 1. The van der Waals surface area contributed by atoms with Gasteiger partial charge in [-0.05, 0) is 28.1 Å². The summed E-state index contributed by atoms with van der Waals surface area (Å²) < 4.78 is 47.7. The molecule has 0 radical (unpaired) electrons. The number of alkyl halides is 2. The summed E-state index contributed by atoms with van der Waals surface area (Å²) in [6.07, 6.45) is 1.19. The van der Waals surface area contributed by atoms with Crippen molar-refractivity contribution in [2.24, 2.45) is 0 Å². The van der Waals surface area contributed by atoms with Gasteiger partial charge >= 0.3 is 11.9 Å². The molecule has 0 saturated heterocycles. The van der Waals surface area contributed by atoms with Gasteiger partial charge in [0.05, 0.1) is 34.6 Å². The second-order valence-electron chi connectivity index (χ2n) is 4.17. The molecule has 20 heavy (non-hydrogen) atoms. The molecule has 2 heterocycles. The highest BCUT2D eigenvalue weighted by Crippen LogP contribution is 2.49. The van der Waals surface area contributed by atoms with E-state index in [0.717, 1.165) is 17.9 Å². The van der Waals surface area contributed by atoms with Crippen LogP contribution in [-0.2, 0) is 10.7 Å². The number of carbonyl (C=O) groups is 1. The first kappa shape index (κ1) is 13.2. The van der Waals surface area contributed by atoms with Crippen molar-refractivity contribution in [3.63, 3.8) is 0 Å². The molecule has 8 heteroatoms. The molecule has 3 rings (SSSR count). The zero-order valence-corrected chi connectivity index (χ0v) is 11.5. The standard InChI is InChI=1S/C12H6BrF3N2O2/c1-20-11(19)6-2-5(14)3-7-9(6)18-10(12(7,15)16)8(13)4-17-18/h2-4H,1H3. The number of aromatic nitrogens is 2. The molecule has 0 fully saturated rings. The summed E-state index contributed by atoms with van der Waals surface area (Å²) in [7, 11) is 1.09. The van der Waals surface area contributed by atoms with Crippen LogP contribution in [0.2, 0.25) is 0 Å². The Morgan fingerprint density at radius 3 is 2.80 bits per heavy atom. The van der Waals surface area contributed by atoms with Crippen molar-refractivity contribution in [2.45, 2.75) is 5.92 Å². The lowest BCUT2D eigenvalue weighted by atomic mass is 10.0. The van der Waals surface area contributed by atoms with Crippen molar-refractivity contribution in [1.82, 2.24) is 9.78 Å². The van der Waals surface area contributed by atoms with E-state index >= 15 is 0 Å². The number of halogens is 4.